The lowest BCUT2D eigenvalue weighted by Crippen LogP contribution is -2.10. The molecular weight excluding hydrogens is 200 g/mol. The Morgan fingerprint density at radius 3 is 2.62 bits per heavy atom. The van der Waals surface area contributed by atoms with Gasteiger partial charge in [-0.15, -0.1) is 0 Å². The molecule has 3 heteroatoms. The summed E-state index contributed by atoms with van der Waals surface area (Å²) in [4.78, 5) is 0. The lowest BCUT2D eigenvalue weighted by Gasteiger charge is -2.20. The Hall–Kier alpha value is -2.52. The molecule has 16 heavy (non-hydrogen) atoms. The second kappa shape index (κ2) is 4.33. The normalized spacial score (nSPS) is 18.4. The highest BCUT2D eigenvalue weighted by atomic mass is 16.5. The molecule has 0 bridgehead atoms. The van der Waals surface area contributed by atoms with E-state index in [0.717, 1.165) is 16.9 Å². The van der Waals surface area contributed by atoms with Gasteiger partial charge in [-0.3, -0.25) is 0 Å². The smallest absolute Gasteiger partial charge is 0.142 e. The Labute approximate surface area is 93.5 Å². The lowest BCUT2D eigenvalue weighted by molar-refractivity contribution is 0.415. The van der Waals surface area contributed by atoms with Gasteiger partial charge in [-0.05, 0) is 11.6 Å². The molecule has 0 aliphatic carbocycles. The summed E-state index contributed by atoms with van der Waals surface area (Å²) in [6.45, 7) is 0. The van der Waals surface area contributed by atoms with Gasteiger partial charge in [-0.25, -0.2) is 0 Å². The van der Waals surface area contributed by atoms with Crippen LogP contribution < -0.4 is 4.74 Å². The highest BCUT2D eigenvalue weighted by molar-refractivity contribution is 5.48. The largest absolute Gasteiger partial charge is 0.456 e. The number of ether oxygens (including phenoxy) is 1. The molecule has 0 atom stereocenters. The van der Waals surface area contributed by atoms with Gasteiger partial charge in [-0.2, -0.15) is 10.5 Å². The zero-order chi connectivity index (χ0) is 11.4. The first-order valence-corrected chi connectivity index (χ1v) is 4.79. The number of para-hydroxylation sites is 1. The van der Waals surface area contributed by atoms with Gasteiger partial charge in [0.1, 0.15) is 11.5 Å². The molecule has 3 nitrogen and oxygen atoms in total. The van der Waals surface area contributed by atoms with Gasteiger partial charge in [0.25, 0.3) is 0 Å². The summed E-state index contributed by atoms with van der Waals surface area (Å²) in [6, 6.07) is 11.5. The van der Waals surface area contributed by atoms with Crippen molar-refractivity contribution in [3.05, 3.63) is 53.3 Å². The molecule has 76 valence electrons. The maximum Gasteiger partial charge on any atom is 0.142 e. The number of rotatable bonds is 0. The molecule has 0 aromatic heterocycles. The number of fused-ring (bicyclic) bond motifs is 1. The van der Waals surface area contributed by atoms with E-state index in [1.54, 1.807) is 0 Å². The van der Waals surface area contributed by atoms with Crippen LogP contribution in [-0.2, 0) is 6.42 Å². The molecule has 0 spiro atoms. The van der Waals surface area contributed by atoms with Crippen molar-refractivity contribution in [3.8, 4) is 17.9 Å². The van der Waals surface area contributed by atoms with Crippen molar-refractivity contribution < 1.29 is 4.74 Å². The van der Waals surface area contributed by atoms with Crippen molar-refractivity contribution in [2.75, 3.05) is 0 Å². The summed E-state index contributed by atoms with van der Waals surface area (Å²) in [5.41, 5.74) is 1.77. The minimum atomic E-state index is 0.461. The molecule has 1 aliphatic rings. The van der Waals surface area contributed by atoms with Crippen LogP contribution in [0, 0.1) is 22.7 Å². The van der Waals surface area contributed by atoms with Crippen LogP contribution in [0.2, 0.25) is 0 Å². The minimum Gasteiger partial charge on any atom is -0.456 e. The minimum absolute atomic E-state index is 0.461. The monoisotopic (exact) mass is 208 g/mol. The average Bonchev–Trinajstić information content (AvgIpc) is 2.30. The third kappa shape index (κ3) is 1.80. The molecule has 1 aliphatic heterocycles. The van der Waals surface area contributed by atoms with Gasteiger partial charge >= 0.3 is 0 Å². The first-order valence-electron chi connectivity index (χ1n) is 4.79. The molecule has 1 heterocycles. The van der Waals surface area contributed by atoms with Gasteiger partial charge in [0.05, 0.1) is 18.2 Å². The predicted octanol–water partition coefficient (Wildman–Crippen LogP) is 2.48. The number of nitriles is 2. The van der Waals surface area contributed by atoms with Crippen LogP contribution in [0.15, 0.2) is 47.7 Å². The van der Waals surface area contributed by atoms with Crippen molar-refractivity contribution >= 4 is 0 Å². The van der Waals surface area contributed by atoms with Crippen LogP contribution in [0.3, 0.4) is 0 Å². The fourth-order valence-electron chi connectivity index (χ4n) is 1.61. The summed E-state index contributed by atoms with van der Waals surface area (Å²) < 4.78 is 5.56. The molecule has 0 fully saturated rings. The molecule has 0 saturated heterocycles. The molecule has 2 rings (SSSR count). The van der Waals surface area contributed by atoms with Crippen molar-refractivity contribution in [2.45, 2.75) is 6.42 Å². The molecule has 0 unspecified atom stereocenters. The van der Waals surface area contributed by atoms with Crippen LogP contribution in [0.4, 0.5) is 0 Å². The van der Waals surface area contributed by atoms with Gasteiger partial charge < -0.3 is 4.74 Å². The highest BCUT2D eigenvalue weighted by Gasteiger charge is 2.18. The molecule has 1 aromatic rings. The Morgan fingerprint density at radius 2 is 1.88 bits per heavy atom. The molecule has 0 radical (unpaired) electrons. The number of nitrogens with zero attached hydrogens (tertiary/aromatic N) is 2. The topological polar surface area (TPSA) is 56.8 Å². The fourth-order valence-corrected chi connectivity index (χ4v) is 1.61. The van der Waals surface area contributed by atoms with Crippen LogP contribution in [0.25, 0.3) is 0 Å². The van der Waals surface area contributed by atoms with E-state index in [4.69, 9.17) is 15.3 Å². The lowest BCUT2D eigenvalue weighted by atomic mass is 9.99. The summed E-state index contributed by atoms with van der Waals surface area (Å²) >= 11 is 0. The van der Waals surface area contributed by atoms with Gasteiger partial charge in [0.2, 0.25) is 0 Å². The Bertz CT molecular complexity index is 505. The van der Waals surface area contributed by atoms with E-state index in [-0.39, 0.29) is 0 Å². The van der Waals surface area contributed by atoms with E-state index < -0.39 is 0 Å². The standard InChI is InChI=1S/C13H8N2O/c14-7-5-11-9-10-3-1-2-4-12(10)16-13(11)6-8-15/h1-6H,9H2. The van der Waals surface area contributed by atoms with Gasteiger partial charge in [-0.1, -0.05) is 18.2 Å². The Balaban J connectivity index is 2.47. The molecule has 0 N–H and O–H groups in total. The molecule has 0 amide bonds. The fraction of sp³-hybridized carbons (Fsp3) is 0.0769. The maximum atomic E-state index is 8.66. The number of hydrogen-bond donors (Lipinski definition) is 0. The molecule has 0 saturated carbocycles. The van der Waals surface area contributed by atoms with Gasteiger partial charge in [0, 0.05) is 18.1 Å². The Kier molecular flexibility index (Phi) is 2.71. The van der Waals surface area contributed by atoms with E-state index in [0.29, 0.717) is 12.2 Å². The molecule has 1 aromatic carbocycles. The predicted molar refractivity (Wildman–Crippen MR) is 58.2 cm³/mol. The first-order chi connectivity index (χ1) is 7.85. The number of allylic oxidation sites excluding steroid dienone is 3. The summed E-state index contributed by atoms with van der Waals surface area (Å²) in [7, 11) is 0. The second-order valence-electron chi connectivity index (χ2n) is 3.32. The first kappa shape index (κ1) is 10.0. The average molecular weight is 208 g/mol. The summed E-state index contributed by atoms with van der Waals surface area (Å²) in [5.74, 6) is 1.21. The zero-order valence-corrected chi connectivity index (χ0v) is 8.47. The van der Waals surface area contributed by atoms with Crippen LogP contribution >= 0.6 is 0 Å². The van der Waals surface area contributed by atoms with Crippen molar-refractivity contribution in [2.24, 2.45) is 0 Å². The number of benzene rings is 1. The third-order valence-electron chi connectivity index (χ3n) is 2.32. The van der Waals surface area contributed by atoms with Crippen molar-refractivity contribution in [1.29, 1.82) is 10.5 Å². The number of hydrogen-bond acceptors (Lipinski definition) is 3. The second-order valence-corrected chi connectivity index (χ2v) is 3.32. The van der Waals surface area contributed by atoms with Crippen LogP contribution in [0.1, 0.15) is 5.56 Å². The quantitative estimate of drug-likeness (QED) is 0.615. The zero-order valence-electron chi connectivity index (χ0n) is 8.47. The highest BCUT2D eigenvalue weighted by Crippen LogP contribution is 2.31. The van der Waals surface area contributed by atoms with Gasteiger partial charge in [0.15, 0.2) is 0 Å². The Morgan fingerprint density at radius 1 is 1.12 bits per heavy atom. The third-order valence-corrected chi connectivity index (χ3v) is 2.32. The maximum absolute atomic E-state index is 8.66. The van der Waals surface area contributed by atoms with E-state index in [1.165, 1.54) is 12.2 Å². The molecular formula is C13H8N2O. The summed E-state index contributed by atoms with van der Waals surface area (Å²) in [5, 5.41) is 17.3. The van der Waals surface area contributed by atoms with Crippen LogP contribution in [-0.4, -0.2) is 0 Å². The SMILES string of the molecule is N#CC=C1Cc2ccccc2OC1=CC#N. The van der Waals surface area contributed by atoms with Crippen molar-refractivity contribution in [3.63, 3.8) is 0 Å². The van der Waals surface area contributed by atoms with E-state index in [9.17, 15) is 0 Å². The summed E-state index contributed by atoms with van der Waals surface area (Å²) in [6.07, 6.45) is 3.36. The van der Waals surface area contributed by atoms with E-state index in [2.05, 4.69) is 0 Å². The van der Waals surface area contributed by atoms with E-state index in [1.807, 2.05) is 36.4 Å². The van der Waals surface area contributed by atoms with E-state index >= 15 is 0 Å². The van der Waals surface area contributed by atoms with Crippen molar-refractivity contribution in [1.82, 2.24) is 0 Å². The van der Waals surface area contributed by atoms with Crippen LogP contribution in [0.5, 0.6) is 5.75 Å².